The molecule has 2 aromatic rings. The van der Waals surface area contributed by atoms with E-state index in [1.165, 1.54) is 23.5 Å². The van der Waals surface area contributed by atoms with Gasteiger partial charge in [0, 0.05) is 11.4 Å². The molecule has 0 aliphatic carbocycles. The molecule has 0 aromatic carbocycles. The molecule has 112 valence electrons. The molecule has 2 aromatic heterocycles. The Balaban J connectivity index is 2.08. The van der Waals surface area contributed by atoms with E-state index in [0.29, 0.717) is 16.3 Å². The summed E-state index contributed by atoms with van der Waals surface area (Å²) in [4.78, 5) is 12.5. The highest BCUT2D eigenvalue weighted by Gasteiger charge is 2.41. The van der Waals surface area contributed by atoms with E-state index >= 15 is 0 Å². The molecule has 1 aliphatic rings. The van der Waals surface area contributed by atoms with E-state index in [2.05, 4.69) is 0 Å². The highest BCUT2D eigenvalue weighted by atomic mass is 35.5. The molecule has 0 amide bonds. The molecule has 0 fully saturated rings. The number of hydrogen-bond donors (Lipinski definition) is 1. The maximum Gasteiger partial charge on any atom is 0.326 e. The summed E-state index contributed by atoms with van der Waals surface area (Å²) >= 11 is 8.18. The van der Waals surface area contributed by atoms with Gasteiger partial charge in [0.2, 0.25) is 0 Å². The van der Waals surface area contributed by atoms with E-state index in [9.17, 15) is 18.3 Å². The number of fused-ring (bicyclic) bond motifs is 1. The lowest BCUT2D eigenvalue weighted by molar-refractivity contribution is -0.142. The first-order chi connectivity index (χ1) is 9.91. The van der Waals surface area contributed by atoms with E-state index < -0.39 is 22.0 Å². The van der Waals surface area contributed by atoms with Gasteiger partial charge in [-0.2, -0.15) is 4.31 Å². The predicted octanol–water partition coefficient (Wildman–Crippen LogP) is 2.84. The number of carbonyl (C=O) groups is 1. The summed E-state index contributed by atoms with van der Waals surface area (Å²) in [6.45, 7) is 0.155. The molecule has 0 saturated carbocycles. The third-order valence-electron chi connectivity index (χ3n) is 3.27. The third-order valence-corrected chi connectivity index (χ3v) is 7.83. The number of thiophene rings is 2. The average Bonchev–Trinajstić information content (AvgIpc) is 3.05. The van der Waals surface area contributed by atoms with Gasteiger partial charge in [0.1, 0.15) is 10.3 Å². The smallest absolute Gasteiger partial charge is 0.326 e. The summed E-state index contributed by atoms with van der Waals surface area (Å²) in [5.41, 5.74) is 0.560. The second kappa shape index (κ2) is 5.36. The van der Waals surface area contributed by atoms with Crippen LogP contribution in [0.4, 0.5) is 0 Å². The maximum absolute atomic E-state index is 12.7. The van der Waals surface area contributed by atoms with Gasteiger partial charge in [-0.05, 0) is 35.6 Å². The molecule has 3 heterocycles. The van der Waals surface area contributed by atoms with Crippen molar-refractivity contribution in [3.63, 3.8) is 0 Å². The van der Waals surface area contributed by atoms with Gasteiger partial charge in [-0.3, -0.25) is 4.79 Å². The van der Waals surface area contributed by atoms with Crippen LogP contribution >= 0.6 is 34.3 Å². The van der Waals surface area contributed by atoms with Crippen molar-refractivity contribution >= 4 is 50.3 Å². The molecule has 5 nitrogen and oxygen atoms in total. The molecular formula is C12H10ClNO4S3. The van der Waals surface area contributed by atoms with E-state index in [-0.39, 0.29) is 10.8 Å². The van der Waals surface area contributed by atoms with Crippen molar-refractivity contribution in [2.45, 2.75) is 16.7 Å². The standard InChI is InChI=1S/C12H10ClNO4S3/c13-9-1-2-10(20-9)21(17,18)14-5-3-8-7(4-6-19-8)11(14)12(15)16/h1-2,4,6,11H,3,5H2,(H,15,16). The Hall–Kier alpha value is -0.930. The van der Waals surface area contributed by atoms with Crippen LogP contribution in [-0.4, -0.2) is 30.3 Å². The summed E-state index contributed by atoms with van der Waals surface area (Å²) in [5, 5.41) is 11.3. The molecule has 0 bridgehead atoms. The number of sulfonamides is 1. The second-order valence-corrected chi connectivity index (χ2v) is 9.30. The number of hydrogen-bond acceptors (Lipinski definition) is 5. The van der Waals surface area contributed by atoms with Crippen LogP contribution in [0.3, 0.4) is 0 Å². The van der Waals surface area contributed by atoms with Gasteiger partial charge in [0.05, 0.1) is 4.34 Å². The van der Waals surface area contributed by atoms with Crippen LogP contribution in [-0.2, 0) is 21.2 Å². The molecule has 0 radical (unpaired) electrons. The van der Waals surface area contributed by atoms with Crippen LogP contribution in [0.2, 0.25) is 4.34 Å². The number of nitrogens with zero attached hydrogens (tertiary/aromatic N) is 1. The fourth-order valence-corrected chi connectivity index (χ4v) is 6.44. The van der Waals surface area contributed by atoms with Crippen molar-refractivity contribution in [1.29, 1.82) is 0 Å². The van der Waals surface area contributed by atoms with Crippen LogP contribution in [0.1, 0.15) is 16.5 Å². The summed E-state index contributed by atoms with van der Waals surface area (Å²) in [5.74, 6) is -1.17. The Bertz CT molecular complexity index is 795. The van der Waals surface area contributed by atoms with E-state index in [1.54, 1.807) is 11.4 Å². The van der Waals surface area contributed by atoms with Crippen LogP contribution in [0.25, 0.3) is 0 Å². The lowest BCUT2D eigenvalue weighted by atomic mass is 10.0. The molecule has 21 heavy (non-hydrogen) atoms. The van der Waals surface area contributed by atoms with Crippen molar-refractivity contribution in [1.82, 2.24) is 4.31 Å². The van der Waals surface area contributed by atoms with Gasteiger partial charge < -0.3 is 5.11 Å². The van der Waals surface area contributed by atoms with Gasteiger partial charge >= 0.3 is 5.97 Å². The number of rotatable bonds is 3. The van der Waals surface area contributed by atoms with Gasteiger partial charge in [0.15, 0.2) is 0 Å². The van der Waals surface area contributed by atoms with E-state index in [4.69, 9.17) is 11.6 Å². The van der Waals surface area contributed by atoms with Crippen LogP contribution in [0.15, 0.2) is 27.8 Å². The summed E-state index contributed by atoms with van der Waals surface area (Å²) in [7, 11) is -3.86. The summed E-state index contributed by atoms with van der Waals surface area (Å²) < 4.78 is 26.8. The fourth-order valence-electron chi connectivity index (χ4n) is 2.36. The summed E-state index contributed by atoms with van der Waals surface area (Å²) in [6.07, 6.45) is 0.523. The second-order valence-electron chi connectivity index (χ2n) is 4.46. The van der Waals surface area contributed by atoms with Crippen LogP contribution < -0.4 is 0 Å². The molecule has 1 atom stereocenters. The summed E-state index contributed by atoms with van der Waals surface area (Å²) in [6, 6.07) is 3.41. The predicted molar refractivity (Wildman–Crippen MR) is 81.6 cm³/mol. The minimum absolute atomic E-state index is 0.0671. The Kier molecular flexibility index (Phi) is 3.83. The Morgan fingerprint density at radius 3 is 2.76 bits per heavy atom. The number of halogens is 1. The third kappa shape index (κ3) is 2.51. The van der Waals surface area contributed by atoms with Crippen molar-refractivity contribution in [3.8, 4) is 0 Å². The Morgan fingerprint density at radius 1 is 1.38 bits per heavy atom. The van der Waals surface area contributed by atoms with E-state index in [1.807, 2.05) is 0 Å². The minimum atomic E-state index is -3.86. The van der Waals surface area contributed by atoms with Crippen molar-refractivity contribution < 1.29 is 18.3 Å². The first-order valence-electron chi connectivity index (χ1n) is 5.97. The lowest BCUT2D eigenvalue weighted by Gasteiger charge is -2.31. The monoisotopic (exact) mass is 363 g/mol. The molecule has 1 unspecified atom stereocenters. The van der Waals surface area contributed by atoms with Gasteiger partial charge in [-0.15, -0.1) is 22.7 Å². The van der Waals surface area contributed by atoms with Gasteiger partial charge in [-0.1, -0.05) is 11.6 Å². The van der Waals surface area contributed by atoms with Crippen molar-refractivity contribution in [3.05, 3.63) is 38.4 Å². The normalized spacial score (nSPS) is 19.4. The number of carboxylic acids is 1. The molecule has 1 N–H and O–H groups in total. The van der Waals surface area contributed by atoms with Crippen molar-refractivity contribution in [2.75, 3.05) is 6.54 Å². The Morgan fingerprint density at radius 2 is 2.14 bits per heavy atom. The maximum atomic E-state index is 12.7. The number of aliphatic carboxylic acids is 1. The Labute approximate surface area is 134 Å². The zero-order valence-electron chi connectivity index (χ0n) is 10.5. The van der Waals surface area contributed by atoms with Crippen LogP contribution in [0.5, 0.6) is 0 Å². The first kappa shape index (κ1) is 15.0. The highest BCUT2D eigenvalue weighted by Crippen LogP contribution is 2.38. The van der Waals surface area contributed by atoms with Gasteiger partial charge in [0.25, 0.3) is 10.0 Å². The molecule has 1 aliphatic heterocycles. The SMILES string of the molecule is O=C(O)C1c2ccsc2CCN1S(=O)(=O)c1ccc(Cl)s1. The largest absolute Gasteiger partial charge is 0.480 e. The number of carboxylic acid groups (broad SMARTS) is 1. The molecular weight excluding hydrogens is 354 g/mol. The molecule has 3 rings (SSSR count). The fraction of sp³-hybridized carbons (Fsp3) is 0.250. The minimum Gasteiger partial charge on any atom is -0.480 e. The molecule has 0 saturated heterocycles. The quantitative estimate of drug-likeness (QED) is 0.909. The molecule has 0 spiro atoms. The molecule has 9 heteroatoms. The van der Waals surface area contributed by atoms with Crippen LogP contribution in [0, 0.1) is 0 Å². The zero-order valence-corrected chi connectivity index (χ0v) is 13.7. The zero-order chi connectivity index (χ0) is 15.2. The highest BCUT2D eigenvalue weighted by molar-refractivity contribution is 7.91. The van der Waals surface area contributed by atoms with Crippen molar-refractivity contribution in [2.24, 2.45) is 0 Å². The lowest BCUT2D eigenvalue weighted by Crippen LogP contribution is -2.42. The van der Waals surface area contributed by atoms with Gasteiger partial charge in [-0.25, -0.2) is 8.42 Å². The topological polar surface area (TPSA) is 74.7 Å². The van der Waals surface area contributed by atoms with E-state index in [0.717, 1.165) is 20.5 Å². The average molecular weight is 364 g/mol. The first-order valence-corrected chi connectivity index (χ1v) is 9.49.